The van der Waals surface area contributed by atoms with Crippen molar-refractivity contribution in [2.75, 3.05) is 13.1 Å². The molecule has 1 aromatic rings. The fourth-order valence-electron chi connectivity index (χ4n) is 3.25. The second-order valence-corrected chi connectivity index (χ2v) is 5.62. The first-order valence-electron chi connectivity index (χ1n) is 7.83. The summed E-state index contributed by atoms with van der Waals surface area (Å²) in [7, 11) is 0. The molecule has 1 aliphatic carbocycles. The van der Waals surface area contributed by atoms with Crippen LogP contribution in [0.25, 0.3) is 0 Å². The molecule has 1 amide bonds. The Morgan fingerprint density at radius 1 is 1.25 bits per heavy atom. The SMILES string of the molecule is CCN(C(=O)C(CN)c1ccccc1)C1CCCCC1. The second kappa shape index (κ2) is 7.44. The number of benzene rings is 1. The molecule has 1 atom stereocenters. The van der Waals surface area contributed by atoms with Gasteiger partial charge < -0.3 is 10.6 Å². The van der Waals surface area contributed by atoms with Crippen LogP contribution < -0.4 is 5.73 Å². The highest BCUT2D eigenvalue weighted by Crippen LogP contribution is 2.26. The summed E-state index contributed by atoms with van der Waals surface area (Å²) in [6.07, 6.45) is 6.08. The molecule has 0 bridgehead atoms. The summed E-state index contributed by atoms with van der Waals surface area (Å²) < 4.78 is 0. The van der Waals surface area contributed by atoms with Crippen LogP contribution in [0.3, 0.4) is 0 Å². The predicted octanol–water partition coefficient (Wildman–Crippen LogP) is 2.91. The van der Waals surface area contributed by atoms with Crippen LogP contribution in [0.1, 0.15) is 50.5 Å². The molecule has 3 heteroatoms. The quantitative estimate of drug-likeness (QED) is 0.897. The molecule has 0 aliphatic heterocycles. The minimum absolute atomic E-state index is 0.196. The zero-order valence-electron chi connectivity index (χ0n) is 12.4. The van der Waals surface area contributed by atoms with E-state index in [1.165, 1.54) is 19.3 Å². The van der Waals surface area contributed by atoms with Crippen LogP contribution in [0.15, 0.2) is 30.3 Å². The molecule has 1 fully saturated rings. The molecular formula is C17H26N2O. The number of likely N-dealkylation sites (N-methyl/N-ethyl adjacent to an activating group) is 1. The first-order valence-corrected chi connectivity index (χ1v) is 7.83. The van der Waals surface area contributed by atoms with Gasteiger partial charge in [0.1, 0.15) is 0 Å². The highest BCUT2D eigenvalue weighted by atomic mass is 16.2. The topological polar surface area (TPSA) is 46.3 Å². The summed E-state index contributed by atoms with van der Waals surface area (Å²) in [6.45, 7) is 3.24. The van der Waals surface area contributed by atoms with E-state index in [2.05, 4.69) is 11.8 Å². The van der Waals surface area contributed by atoms with Gasteiger partial charge in [0.05, 0.1) is 5.92 Å². The van der Waals surface area contributed by atoms with Gasteiger partial charge in [0.2, 0.25) is 5.91 Å². The van der Waals surface area contributed by atoms with Gasteiger partial charge in [-0.3, -0.25) is 4.79 Å². The van der Waals surface area contributed by atoms with Gasteiger partial charge in [-0.05, 0) is 25.3 Å². The van der Waals surface area contributed by atoms with E-state index in [0.717, 1.165) is 24.9 Å². The molecule has 0 aromatic heterocycles. The third-order valence-electron chi connectivity index (χ3n) is 4.37. The maximum Gasteiger partial charge on any atom is 0.231 e. The average molecular weight is 274 g/mol. The van der Waals surface area contributed by atoms with Crippen molar-refractivity contribution in [3.63, 3.8) is 0 Å². The lowest BCUT2D eigenvalue weighted by Gasteiger charge is -2.35. The molecule has 3 nitrogen and oxygen atoms in total. The number of nitrogens with zero attached hydrogens (tertiary/aromatic N) is 1. The van der Waals surface area contributed by atoms with Crippen LogP contribution in [-0.2, 0) is 4.79 Å². The molecule has 0 radical (unpaired) electrons. The number of carbonyl (C=O) groups excluding carboxylic acids is 1. The molecule has 110 valence electrons. The van der Waals surface area contributed by atoms with Crippen molar-refractivity contribution in [1.29, 1.82) is 0 Å². The Morgan fingerprint density at radius 3 is 2.45 bits per heavy atom. The van der Waals surface area contributed by atoms with Gasteiger partial charge in [-0.2, -0.15) is 0 Å². The molecule has 2 N–H and O–H groups in total. The summed E-state index contributed by atoms with van der Waals surface area (Å²) >= 11 is 0. The maximum atomic E-state index is 12.9. The molecular weight excluding hydrogens is 248 g/mol. The minimum atomic E-state index is -0.196. The lowest BCUT2D eigenvalue weighted by molar-refractivity contribution is -0.135. The van der Waals surface area contributed by atoms with E-state index in [9.17, 15) is 4.79 Å². The molecule has 1 unspecified atom stereocenters. The van der Waals surface area contributed by atoms with Crippen molar-refractivity contribution in [1.82, 2.24) is 4.90 Å². The van der Waals surface area contributed by atoms with Gasteiger partial charge in [0.15, 0.2) is 0 Å². The fourth-order valence-corrected chi connectivity index (χ4v) is 3.25. The Kier molecular flexibility index (Phi) is 5.60. The van der Waals surface area contributed by atoms with Gasteiger partial charge in [-0.15, -0.1) is 0 Å². The third-order valence-corrected chi connectivity index (χ3v) is 4.37. The van der Waals surface area contributed by atoms with Gasteiger partial charge in [0, 0.05) is 19.1 Å². The highest BCUT2D eigenvalue weighted by molar-refractivity contribution is 5.84. The van der Waals surface area contributed by atoms with E-state index < -0.39 is 0 Å². The molecule has 20 heavy (non-hydrogen) atoms. The van der Waals surface area contributed by atoms with Crippen molar-refractivity contribution in [2.24, 2.45) is 5.73 Å². The molecule has 1 aromatic carbocycles. The smallest absolute Gasteiger partial charge is 0.231 e. The largest absolute Gasteiger partial charge is 0.339 e. The van der Waals surface area contributed by atoms with Crippen molar-refractivity contribution in [3.05, 3.63) is 35.9 Å². The van der Waals surface area contributed by atoms with Crippen molar-refractivity contribution < 1.29 is 4.79 Å². The molecule has 0 saturated heterocycles. The van der Waals surface area contributed by atoms with Crippen molar-refractivity contribution in [3.8, 4) is 0 Å². The number of hydrogen-bond acceptors (Lipinski definition) is 2. The molecule has 2 rings (SSSR count). The Hall–Kier alpha value is -1.35. The zero-order valence-corrected chi connectivity index (χ0v) is 12.4. The number of rotatable bonds is 5. The summed E-state index contributed by atoms with van der Waals surface area (Å²) in [4.78, 5) is 14.9. The number of hydrogen-bond donors (Lipinski definition) is 1. The number of nitrogens with two attached hydrogens (primary N) is 1. The van der Waals surface area contributed by atoms with Crippen LogP contribution in [0.4, 0.5) is 0 Å². The maximum absolute atomic E-state index is 12.9. The van der Waals surface area contributed by atoms with Crippen LogP contribution in [-0.4, -0.2) is 29.9 Å². The number of carbonyl (C=O) groups is 1. The van der Waals surface area contributed by atoms with E-state index in [-0.39, 0.29) is 11.8 Å². The van der Waals surface area contributed by atoms with Crippen molar-refractivity contribution >= 4 is 5.91 Å². The summed E-state index contributed by atoms with van der Waals surface area (Å²) in [5, 5.41) is 0. The van der Waals surface area contributed by atoms with E-state index in [4.69, 9.17) is 5.73 Å². The van der Waals surface area contributed by atoms with Gasteiger partial charge in [0.25, 0.3) is 0 Å². The van der Waals surface area contributed by atoms with E-state index >= 15 is 0 Å². The van der Waals surface area contributed by atoms with E-state index in [0.29, 0.717) is 12.6 Å². The standard InChI is InChI=1S/C17H26N2O/c1-2-19(15-11-7-4-8-12-15)17(20)16(13-18)14-9-5-3-6-10-14/h3,5-6,9-10,15-16H,2,4,7-8,11-13,18H2,1H3. The monoisotopic (exact) mass is 274 g/mol. The van der Waals surface area contributed by atoms with Crippen LogP contribution in [0.2, 0.25) is 0 Å². The Bertz CT molecular complexity index is 412. The number of amides is 1. The summed E-state index contributed by atoms with van der Waals surface area (Å²) in [5.41, 5.74) is 6.92. The average Bonchev–Trinajstić information content (AvgIpc) is 2.51. The Morgan fingerprint density at radius 2 is 1.90 bits per heavy atom. The molecule has 0 heterocycles. The van der Waals surface area contributed by atoms with E-state index in [1.54, 1.807) is 0 Å². The Balaban J connectivity index is 2.13. The molecule has 1 aliphatic rings. The predicted molar refractivity (Wildman–Crippen MR) is 82.5 cm³/mol. The minimum Gasteiger partial charge on any atom is -0.339 e. The van der Waals surface area contributed by atoms with Gasteiger partial charge >= 0.3 is 0 Å². The highest BCUT2D eigenvalue weighted by Gasteiger charge is 2.29. The fraction of sp³-hybridized carbons (Fsp3) is 0.588. The Labute approximate surface area is 122 Å². The van der Waals surface area contributed by atoms with Crippen LogP contribution >= 0.6 is 0 Å². The molecule has 0 spiro atoms. The lowest BCUT2D eigenvalue weighted by atomic mass is 9.91. The van der Waals surface area contributed by atoms with Crippen LogP contribution in [0.5, 0.6) is 0 Å². The summed E-state index contributed by atoms with van der Waals surface area (Å²) in [5.74, 6) is 0.00572. The second-order valence-electron chi connectivity index (χ2n) is 5.62. The third kappa shape index (κ3) is 3.40. The van der Waals surface area contributed by atoms with Crippen LogP contribution in [0, 0.1) is 0 Å². The van der Waals surface area contributed by atoms with E-state index in [1.807, 2.05) is 30.3 Å². The summed E-state index contributed by atoms with van der Waals surface area (Å²) in [6, 6.07) is 10.3. The van der Waals surface area contributed by atoms with Gasteiger partial charge in [-0.25, -0.2) is 0 Å². The zero-order chi connectivity index (χ0) is 14.4. The molecule has 1 saturated carbocycles. The van der Waals surface area contributed by atoms with Crippen molar-refractivity contribution in [2.45, 2.75) is 51.0 Å². The first-order chi connectivity index (χ1) is 9.77. The normalized spacial score (nSPS) is 17.7. The van der Waals surface area contributed by atoms with Gasteiger partial charge in [-0.1, -0.05) is 49.6 Å². The first kappa shape index (κ1) is 15.0. The lowest BCUT2D eigenvalue weighted by Crippen LogP contribution is -2.45.